The summed E-state index contributed by atoms with van der Waals surface area (Å²) in [4.78, 5) is 63.1. The number of hydrogen-bond acceptors (Lipinski definition) is 7. The highest BCUT2D eigenvalue weighted by molar-refractivity contribution is 6.30. The predicted octanol–water partition coefficient (Wildman–Crippen LogP) is 6.98. The van der Waals surface area contributed by atoms with E-state index in [1.807, 2.05) is 42.5 Å². The van der Waals surface area contributed by atoms with E-state index in [1.54, 1.807) is 48.9 Å². The molecule has 0 bridgehead atoms. The highest BCUT2D eigenvalue weighted by Crippen LogP contribution is 2.26. The zero-order valence-corrected chi connectivity index (χ0v) is 32.5. The summed E-state index contributed by atoms with van der Waals surface area (Å²) in [7, 11) is 0. The van der Waals surface area contributed by atoms with Gasteiger partial charge in [-0.1, -0.05) is 66.2 Å². The number of amides is 2. The van der Waals surface area contributed by atoms with E-state index in [-0.39, 0.29) is 61.7 Å². The summed E-state index contributed by atoms with van der Waals surface area (Å²) in [6, 6.07) is 28.2. The first-order chi connectivity index (χ1) is 27.7. The van der Waals surface area contributed by atoms with Crippen LogP contribution in [0.3, 0.4) is 0 Å². The molecule has 57 heavy (non-hydrogen) atoms. The van der Waals surface area contributed by atoms with E-state index in [4.69, 9.17) is 17.3 Å². The first-order valence-electron chi connectivity index (χ1n) is 19.4. The maximum absolute atomic E-state index is 14.4. The zero-order chi connectivity index (χ0) is 40.1. The number of aromatic hydroxyl groups is 1. The van der Waals surface area contributed by atoms with Crippen LogP contribution in [0.4, 0.5) is 0 Å². The second-order valence-electron chi connectivity index (χ2n) is 14.5. The van der Waals surface area contributed by atoms with Crippen LogP contribution in [0, 0.1) is 5.92 Å². The summed E-state index contributed by atoms with van der Waals surface area (Å²) in [5, 5.41) is 19.7. The molecule has 6 aromatic rings. The van der Waals surface area contributed by atoms with Crippen LogP contribution >= 0.6 is 11.6 Å². The molecule has 3 atom stereocenters. The lowest BCUT2D eigenvalue weighted by atomic mass is 9.88. The van der Waals surface area contributed by atoms with E-state index in [0.29, 0.717) is 30.8 Å². The Balaban J connectivity index is 1.23. The van der Waals surface area contributed by atoms with E-state index in [9.17, 15) is 24.3 Å². The minimum absolute atomic E-state index is 0.0716. The molecule has 2 amide bonds. The van der Waals surface area contributed by atoms with Crippen LogP contribution in [0.25, 0.3) is 21.7 Å². The molecule has 2 aromatic heterocycles. The molecule has 4 aromatic carbocycles. The fourth-order valence-electron chi connectivity index (χ4n) is 7.30. The van der Waals surface area contributed by atoms with Gasteiger partial charge in [0.2, 0.25) is 11.8 Å². The third kappa shape index (κ3) is 11.4. The van der Waals surface area contributed by atoms with Crippen molar-refractivity contribution in [2.45, 2.75) is 69.9 Å². The molecular formula is C46H48ClN5O5. The average molecular weight is 786 g/mol. The Morgan fingerprint density at radius 2 is 1.47 bits per heavy atom. The highest BCUT2D eigenvalue weighted by atomic mass is 35.5. The van der Waals surface area contributed by atoms with Gasteiger partial charge in [-0.2, -0.15) is 0 Å². The van der Waals surface area contributed by atoms with Crippen molar-refractivity contribution < 1.29 is 24.3 Å². The van der Waals surface area contributed by atoms with Gasteiger partial charge in [0.15, 0.2) is 11.6 Å². The molecule has 0 unspecified atom stereocenters. The van der Waals surface area contributed by atoms with Crippen LogP contribution in [-0.4, -0.2) is 57.1 Å². The number of aryl methyl sites for hydroxylation is 1. The van der Waals surface area contributed by atoms with Gasteiger partial charge in [0.25, 0.3) is 0 Å². The van der Waals surface area contributed by atoms with Gasteiger partial charge < -0.3 is 26.5 Å². The quantitative estimate of drug-likeness (QED) is 0.0557. The molecule has 6 rings (SSSR count). The number of halogens is 1. The maximum atomic E-state index is 14.4. The summed E-state index contributed by atoms with van der Waals surface area (Å²) in [5.74, 6) is -2.02. The minimum Gasteiger partial charge on any atom is -0.508 e. The number of phenols is 1. The lowest BCUT2D eigenvalue weighted by Gasteiger charge is -2.24. The number of fused-ring (bicyclic) bond motifs is 2. The number of ketones is 2. The Kier molecular flexibility index (Phi) is 14.2. The number of benzene rings is 4. The Morgan fingerprint density at radius 3 is 2.26 bits per heavy atom. The van der Waals surface area contributed by atoms with E-state index in [0.717, 1.165) is 43.9 Å². The summed E-state index contributed by atoms with van der Waals surface area (Å²) >= 11 is 6.19. The van der Waals surface area contributed by atoms with Crippen LogP contribution in [0.2, 0.25) is 5.02 Å². The number of nitrogens with two attached hydrogens (primary N) is 1. The van der Waals surface area contributed by atoms with Crippen LogP contribution in [-0.2, 0) is 44.9 Å². The van der Waals surface area contributed by atoms with Gasteiger partial charge in [0.05, 0.1) is 12.1 Å². The Morgan fingerprint density at radius 1 is 0.737 bits per heavy atom. The van der Waals surface area contributed by atoms with Crippen molar-refractivity contribution in [2.75, 3.05) is 6.54 Å². The van der Waals surface area contributed by atoms with Crippen molar-refractivity contribution >= 4 is 56.7 Å². The fraction of sp³-hybridized carbons (Fsp3) is 0.283. The van der Waals surface area contributed by atoms with Gasteiger partial charge in [0, 0.05) is 66.1 Å². The zero-order valence-electron chi connectivity index (χ0n) is 31.8. The standard InChI is InChI=1S/C46H48ClN5O5/c47-36-15-13-30(14-16-36)24-34(27-44(55)42(51-45(56)12-5-21-48)26-35-29-50-40-18-17-37(53)28-39(35)40)46(57)52-41(25-31-19-22-49-23-20-31)43(54)11-4-9-33-8-3-7-32-6-1-2-10-38(32)33/h1-3,6-8,10,13-20,22-23,28-29,34,41-42,50,53H,4-5,9,11-12,21,24-27,48H2,(H,51,56)(H,52,57)/t34-,41+,42+/m1/s1. The topological polar surface area (TPSA) is 167 Å². The third-order valence-electron chi connectivity index (χ3n) is 10.4. The predicted molar refractivity (Wildman–Crippen MR) is 224 cm³/mol. The molecular weight excluding hydrogens is 738 g/mol. The Hall–Kier alpha value is -5.84. The van der Waals surface area contributed by atoms with Crippen LogP contribution in [0.5, 0.6) is 5.75 Å². The van der Waals surface area contributed by atoms with E-state index < -0.39 is 23.9 Å². The molecule has 0 fully saturated rings. The number of carbonyl (C=O) groups is 4. The van der Waals surface area contributed by atoms with E-state index >= 15 is 0 Å². The van der Waals surface area contributed by atoms with Crippen molar-refractivity contribution in [1.82, 2.24) is 20.6 Å². The lowest BCUT2D eigenvalue weighted by Crippen LogP contribution is -2.48. The molecule has 6 N–H and O–H groups in total. The van der Waals surface area contributed by atoms with Gasteiger partial charge in [-0.3, -0.25) is 24.2 Å². The van der Waals surface area contributed by atoms with Crippen LogP contribution in [0.15, 0.2) is 116 Å². The van der Waals surface area contributed by atoms with Crippen molar-refractivity contribution in [3.05, 3.63) is 143 Å². The normalized spacial score (nSPS) is 12.9. The van der Waals surface area contributed by atoms with Gasteiger partial charge >= 0.3 is 0 Å². The number of pyridine rings is 1. The number of nitrogens with zero attached hydrogens (tertiary/aromatic N) is 1. The number of hydrogen-bond donors (Lipinski definition) is 5. The first kappa shape index (κ1) is 40.8. The smallest absolute Gasteiger partial charge is 0.224 e. The SMILES string of the molecule is NCCCC(=O)N[C@@H](Cc1c[nH]c2ccc(O)cc12)C(=O)C[C@@H](Cc1ccc(Cl)cc1)C(=O)N[C@@H](Cc1ccncc1)C(=O)CCCc1cccc2ccccc12. The van der Waals surface area contributed by atoms with Crippen molar-refractivity contribution in [3.63, 3.8) is 0 Å². The van der Waals surface area contributed by atoms with Gasteiger partial charge in [-0.15, -0.1) is 0 Å². The molecule has 11 heteroatoms. The Labute approximate surface area is 337 Å². The van der Waals surface area contributed by atoms with Crippen molar-refractivity contribution in [3.8, 4) is 5.75 Å². The van der Waals surface area contributed by atoms with Crippen LogP contribution in [0.1, 0.15) is 54.4 Å². The number of nitrogens with one attached hydrogen (secondary N) is 3. The van der Waals surface area contributed by atoms with Crippen LogP contribution < -0.4 is 16.4 Å². The molecule has 2 heterocycles. The Bertz CT molecular complexity index is 2300. The number of carbonyl (C=O) groups excluding carboxylic acids is 4. The van der Waals surface area contributed by atoms with E-state index in [2.05, 4.69) is 44.9 Å². The number of aromatic nitrogens is 2. The van der Waals surface area contributed by atoms with Crippen molar-refractivity contribution in [2.24, 2.45) is 11.7 Å². The highest BCUT2D eigenvalue weighted by Gasteiger charge is 2.31. The second kappa shape index (κ2) is 19.8. The summed E-state index contributed by atoms with van der Waals surface area (Å²) in [6.07, 6.45) is 7.57. The first-order valence-corrected chi connectivity index (χ1v) is 19.8. The molecule has 0 saturated carbocycles. The number of Topliss-reactive ketones (excluding diaryl/α,β-unsaturated/α-hetero) is 2. The molecule has 0 saturated heterocycles. The summed E-state index contributed by atoms with van der Waals surface area (Å²) in [5.41, 5.74) is 9.94. The molecule has 0 spiro atoms. The van der Waals surface area contributed by atoms with Gasteiger partial charge in [0.1, 0.15) is 5.75 Å². The van der Waals surface area contributed by atoms with Crippen molar-refractivity contribution in [1.29, 1.82) is 0 Å². The minimum atomic E-state index is -0.972. The molecule has 0 radical (unpaired) electrons. The number of phenolic OH excluding ortho intramolecular Hbond substituents is 1. The second-order valence-corrected chi connectivity index (χ2v) is 15.0. The molecule has 0 aliphatic rings. The average Bonchev–Trinajstić information content (AvgIpc) is 3.61. The summed E-state index contributed by atoms with van der Waals surface area (Å²) in [6.45, 7) is 0.319. The summed E-state index contributed by atoms with van der Waals surface area (Å²) < 4.78 is 0. The number of H-pyrrole nitrogens is 1. The monoisotopic (exact) mass is 785 g/mol. The number of rotatable bonds is 20. The maximum Gasteiger partial charge on any atom is 0.224 e. The van der Waals surface area contributed by atoms with Gasteiger partial charge in [-0.05, 0) is 114 Å². The third-order valence-corrected chi connectivity index (χ3v) is 10.6. The molecule has 10 nitrogen and oxygen atoms in total. The van der Waals surface area contributed by atoms with Gasteiger partial charge in [-0.25, -0.2) is 0 Å². The molecule has 0 aliphatic heterocycles. The fourth-order valence-corrected chi connectivity index (χ4v) is 7.43. The number of aromatic amines is 1. The van der Waals surface area contributed by atoms with E-state index in [1.165, 1.54) is 0 Å². The lowest BCUT2D eigenvalue weighted by molar-refractivity contribution is -0.133. The largest absolute Gasteiger partial charge is 0.508 e. The molecule has 0 aliphatic carbocycles. The molecule has 294 valence electrons.